The largest absolute Gasteiger partial charge is 0.331 e. The monoisotopic (exact) mass is 205 g/mol. The molecule has 0 radical (unpaired) electrons. The summed E-state index contributed by atoms with van der Waals surface area (Å²) < 4.78 is 2.24. The van der Waals surface area contributed by atoms with Gasteiger partial charge >= 0.3 is 0 Å². The molecular formula is C10H11N3S. The lowest BCUT2D eigenvalue weighted by Gasteiger charge is -2.68. The molecule has 3 fully saturated rings. The predicted octanol–water partition coefficient (Wildman–Crippen LogP) is 1.93. The summed E-state index contributed by atoms with van der Waals surface area (Å²) in [5.41, 5.74) is 1.55. The molecule has 0 aromatic carbocycles. The molecule has 0 spiro atoms. The maximum Gasteiger partial charge on any atom is 0.0954 e. The van der Waals surface area contributed by atoms with E-state index in [1.54, 1.807) is 0 Å². The van der Waals surface area contributed by atoms with Crippen molar-refractivity contribution in [1.82, 2.24) is 9.55 Å². The predicted molar refractivity (Wildman–Crippen MR) is 56.5 cm³/mol. The first-order valence-corrected chi connectivity index (χ1v) is 5.19. The number of aromatic nitrogens is 2. The van der Waals surface area contributed by atoms with E-state index in [1.807, 2.05) is 13.3 Å². The van der Waals surface area contributed by atoms with Crippen LogP contribution in [0.2, 0.25) is 0 Å². The topological polar surface area (TPSA) is 30.2 Å². The maximum atomic E-state index is 4.65. The van der Waals surface area contributed by atoms with Crippen molar-refractivity contribution < 1.29 is 0 Å². The molecule has 0 saturated heterocycles. The number of aryl methyl sites for hydroxylation is 1. The Labute approximate surface area is 87.9 Å². The van der Waals surface area contributed by atoms with E-state index in [2.05, 4.69) is 38.1 Å². The average Bonchev–Trinajstić information content (AvgIpc) is 2.41. The molecule has 0 atom stereocenters. The van der Waals surface area contributed by atoms with E-state index >= 15 is 0 Å². The van der Waals surface area contributed by atoms with Crippen LogP contribution in [0.5, 0.6) is 0 Å². The standard InChI is InChI=1S/C10H11N3S/c1-8-2-13(6-11-8)10-3-9(4-10,5-10)12-7-14/h2,6H,3-5H2,1H3. The molecule has 4 heteroatoms. The normalized spacial score (nSPS) is 38.1. The fourth-order valence-electron chi connectivity index (χ4n) is 2.85. The molecule has 0 amide bonds. The fraction of sp³-hybridized carbons (Fsp3) is 0.600. The second kappa shape index (κ2) is 2.33. The van der Waals surface area contributed by atoms with Crippen molar-refractivity contribution in [3.63, 3.8) is 0 Å². The third-order valence-electron chi connectivity index (χ3n) is 3.52. The molecule has 1 aromatic heterocycles. The summed E-state index contributed by atoms with van der Waals surface area (Å²) >= 11 is 4.65. The van der Waals surface area contributed by atoms with Crippen LogP contribution in [0.3, 0.4) is 0 Å². The number of rotatable bonds is 2. The fourth-order valence-corrected chi connectivity index (χ4v) is 3.05. The van der Waals surface area contributed by atoms with Gasteiger partial charge in [-0.3, -0.25) is 0 Å². The third kappa shape index (κ3) is 0.851. The zero-order valence-corrected chi connectivity index (χ0v) is 8.84. The molecule has 4 rings (SSSR count). The van der Waals surface area contributed by atoms with Crippen molar-refractivity contribution in [3.05, 3.63) is 18.2 Å². The van der Waals surface area contributed by atoms with Gasteiger partial charge in [-0.15, -0.1) is 0 Å². The van der Waals surface area contributed by atoms with Crippen LogP contribution in [-0.2, 0) is 5.54 Å². The van der Waals surface area contributed by atoms with Crippen LogP contribution in [-0.4, -0.2) is 20.3 Å². The van der Waals surface area contributed by atoms with Gasteiger partial charge in [-0.2, -0.15) is 0 Å². The van der Waals surface area contributed by atoms with Crippen molar-refractivity contribution in [2.24, 2.45) is 4.99 Å². The summed E-state index contributed by atoms with van der Waals surface area (Å²) in [6.07, 6.45) is 7.38. The molecule has 0 aliphatic heterocycles. The van der Waals surface area contributed by atoms with Gasteiger partial charge in [0.15, 0.2) is 0 Å². The Morgan fingerprint density at radius 1 is 1.57 bits per heavy atom. The Morgan fingerprint density at radius 2 is 2.29 bits per heavy atom. The quantitative estimate of drug-likeness (QED) is 0.545. The van der Waals surface area contributed by atoms with Gasteiger partial charge in [0.05, 0.1) is 28.3 Å². The van der Waals surface area contributed by atoms with Crippen molar-refractivity contribution in [1.29, 1.82) is 0 Å². The van der Waals surface area contributed by atoms with Gasteiger partial charge in [0.2, 0.25) is 0 Å². The summed E-state index contributed by atoms with van der Waals surface area (Å²) in [6.45, 7) is 2.02. The highest BCUT2D eigenvalue weighted by molar-refractivity contribution is 7.78. The Kier molecular flexibility index (Phi) is 1.38. The molecule has 14 heavy (non-hydrogen) atoms. The number of nitrogens with zero attached hydrogens (tertiary/aromatic N) is 3. The van der Waals surface area contributed by atoms with Crippen LogP contribution in [0.4, 0.5) is 0 Å². The van der Waals surface area contributed by atoms with Crippen molar-refractivity contribution in [2.45, 2.75) is 37.3 Å². The summed E-state index contributed by atoms with van der Waals surface area (Å²) in [4.78, 5) is 8.49. The number of thiocarbonyl (C=S) groups is 1. The van der Waals surface area contributed by atoms with Crippen molar-refractivity contribution in [3.8, 4) is 0 Å². The highest BCUT2D eigenvalue weighted by Crippen LogP contribution is 2.67. The molecule has 3 aliphatic carbocycles. The Bertz CT molecular complexity index is 422. The van der Waals surface area contributed by atoms with E-state index in [4.69, 9.17) is 0 Å². The van der Waals surface area contributed by atoms with Gasteiger partial charge in [-0.25, -0.2) is 9.98 Å². The van der Waals surface area contributed by atoms with E-state index in [1.165, 1.54) is 0 Å². The first-order valence-electron chi connectivity index (χ1n) is 4.78. The molecule has 3 aliphatic rings. The lowest BCUT2D eigenvalue weighted by atomic mass is 9.44. The highest BCUT2D eigenvalue weighted by atomic mass is 32.1. The number of hydrogen-bond donors (Lipinski definition) is 0. The van der Waals surface area contributed by atoms with Gasteiger partial charge in [0, 0.05) is 6.20 Å². The molecule has 1 aromatic rings. The van der Waals surface area contributed by atoms with E-state index in [-0.39, 0.29) is 5.54 Å². The van der Waals surface area contributed by atoms with E-state index in [0.29, 0.717) is 5.54 Å². The van der Waals surface area contributed by atoms with E-state index in [0.717, 1.165) is 25.0 Å². The molecular weight excluding hydrogens is 194 g/mol. The second-order valence-electron chi connectivity index (χ2n) is 4.60. The van der Waals surface area contributed by atoms with E-state index < -0.39 is 0 Å². The number of hydrogen-bond acceptors (Lipinski definition) is 3. The summed E-state index contributed by atoms with van der Waals surface area (Å²) in [5.74, 6) is 0. The zero-order chi connectivity index (χ0) is 9.81. The molecule has 2 bridgehead atoms. The van der Waals surface area contributed by atoms with Crippen LogP contribution in [0, 0.1) is 6.92 Å². The Balaban J connectivity index is 1.84. The summed E-state index contributed by atoms with van der Waals surface area (Å²) in [5, 5.41) is 2.51. The molecule has 0 unspecified atom stereocenters. The number of aliphatic imine (C=N–C) groups is 1. The molecule has 1 heterocycles. The minimum absolute atomic E-state index is 0.153. The van der Waals surface area contributed by atoms with Gasteiger partial charge in [0.25, 0.3) is 0 Å². The minimum atomic E-state index is 0.153. The third-order valence-corrected chi connectivity index (χ3v) is 3.61. The first-order chi connectivity index (χ1) is 6.68. The average molecular weight is 205 g/mol. The lowest BCUT2D eigenvalue weighted by molar-refractivity contribution is -0.112. The SMILES string of the molecule is Cc1cn(C23CC(N=C=S)(C2)C3)cn1. The van der Waals surface area contributed by atoms with Gasteiger partial charge in [-0.1, -0.05) is 0 Å². The van der Waals surface area contributed by atoms with Crippen LogP contribution in [0.1, 0.15) is 25.0 Å². The molecule has 3 saturated carbocycles. The summed E-state index contributed by atoms with van der Waals surface area (Å²) in [6, 6.07) is 0. The maximum absolute atomic E-state index is 4.65. The van der Waals surface area contributed by atoms with E-state index in [9.17, 15) is 0 Å². The van der Waals surface area contributed by atoms with Crippen LogP contribution >= 0.6 is 12.2 Å². The Hall–Kier alpha value is -0.990. The van der Waals surface area contributed by atoms with Crippen LogP contribution in [0.15, 0.2) is 17.5 Å². The van der Waals surface area contributed by atoms with Gasteiger partial charge in [0.1, 0.15) is 0 Å². The smallest absolute Gasteiger partial charge is 0.0954 e. The van der Waals surface area contributed by atoms with Gasteiger partial charge < -0.3 is 4.57 Å². The second-order valence-corrected chi connectivity index (χ2v) is 4.79. The van der Waals surface area contributed by atoms with Crippen molar-refractivity contribution in [2.75, 3.05) is 0 Å². The zero-order valence-electron chi connectivity index (χ0n) is 8.03. The first kappa shape index (κ1) is 8.33. The summed E-state index contributed by atoms with van der Waals surface area (Å²) in [7, 11) is 0. The Morgan fingerprint density at radius 3 is 2.79 bits per heavy atom. The molecule has 72 valence electrons. The van der Waals surface area contributed by atoms with Crippen LogP contribution in [0.25, 0.3) is 0 Å². The van der Waals surface area contributed by atoms with Gasteiger partial charge in [-0.05, 0) is 38.4 Å². The molecule has 3 nitrogen and oxygen atoms in total. The van der Waals surface area contributed by atoms with Crippen LogP contribution < -0.4 is 0 Å². The minimum Gasteiger partial charge on any atom is -0.331 e. The van der Waals surface area contributed by atoms with Crippen molar-refractivity contribution >= 4 is 17.4 Å². The number of imidazole rings is 1. The highest BCUT2D eigenvalue weighted by Gasteiger charge is 2.69. The number of isothiocyanates is 1. The lowest BCUT2D eigenvalue weighted by Crippen LogP contribution is -2.71. The molecule has 0 N–H and O–H groups in total.